The van der Waals surface area contributed by atoms with E-state index in [0.717, 1.165) is 0 Å². The van der Waals surface area contributed by atoms with E-state index in [0.29, 0.717) is 0 Å². The maximum absolute atomic E-state index is 11.2. The standard InChI is InChI=1S/C8H18O4P/c1-5-8(6-2,12-7(3)4)13(9,10)11/h7H,3,5-6H2,1-2,4H3,(H2,9,10,11). The SMILES string of the molecule is [CH2]C(C)OC(CC)(CC)P(=O)(O)O. The minimum absolute atomic E-state index is 0.285. The van der Waals surface area contributed by atoms with Crippen molar-refractivity contribution in [3.8, 4) is 0 Å². The van der Waals surface area contributed by atoms with Crippen molar-refractivity contribution in [1.29, 1.82) is 0 Å². The van der Waals surface area contributed by atoms with Crippen LogP contribution in [0.3, 0.4) is 0 Å². The molecule has 0 aliphatic carbocycles. The fourth-order valence-electron chi connectivity index (χ4n) is 1.27. The van der Waals surface area contributed by atoms with Crippen molar-refractivity contribution in [3.63, 3.8) is 0 Å². The summed E-state index contributed by atoms with van der Waals surface area (Å²) in [6.45, 7) is 8.63. The summed E-state index contributed by atoms with van der Waals surface area (Å²) in [6.07, 6.45) is 0.147. The van der Waals surface area contributed by atoms with Gasteiger partial charge in [-0.3, -0.25) is 4.57 Å². The Morgan fingerprint density at radius 1 is 1.46 bits per heavy atom. The van der Waals surface area contributed by atoms with Crippen LogP contribution in [0.25, 0.3) is 0 Å². The molecule has 0 aromatic carbocycles. The second-order valence-corrected chi connectivity index (χ2v) is 5.03. The van der Waals surface area contributed by atoms with Crippen LogP contribution in [0.2, 0.25) is 0 Å². The van der Waals surface area contributed by atoms with Gasteiger partial charge in [0.25, 0.3) is 0 Å². The molecule has 1 radical (unpaired) electrons. The van der Waals surface area contributed by atoms with Gasteiger partial charge in [-0.05, 0) is 26.7 Å². The lowest BCUT2D eigenvalue weighted by molar-refractivity contribution is -0.0327. The van der Waals surface area contributed by atoms with Crippen LogP contribution < -0.4 is 0 Å². The van der Waals surface area contributed by atoms with Crippen molar-refractivity contribution in [2.75, 3.05) is 0 Å². The van der Waals surface area contributed by atoms with Gasteiger partial charge in [0.2, 0.25) is 0 Å². The second-order valence-electron chi connectivity index (χ2n) is 3.13. The van der Waals surface area contributed by atoms with Gasteiger partial charge in [-0.1, -0.05) is 13.8 Å². The van der Waals surface area contributed by atoms with Gasteiger partial charge in [0.15, 0.2) is 5.34 Å². The molecule has 0 fully saturated rings. The zero-order chi connectivity index (χ0) is 10.7. The monoisotopic (exact) mass is 209 g/mol. The van der Waals surface area contributed by atoms with E-state index < -0.39 is 19.0 Å². The first-order valence-corrected chi connectivity index (χ1v) is 5.97. The third-order valence-electron chi connectivity index (χ3n) is 2.06. The lowest BCUT2D eigenvalue weighted by Gasteiger charge is -2.34. The summed E-state index contributed by atoms with van der Waals surface area (Å²) >= 11 is 0. The number of rotatable bonds is 5. The zero-order valence-corrected chi connectivity index (χ0v) is 9.25. The van der Waals surface area contributed by atoms with Crippen LogP contribution in [0.1, 0.15) is 33.6 Å². The second kappa shape index (κ2) is 4.56. The lowest BCUT2D eigenvalue weighted by atomic mass is 10.2. The van der Waals surface area contributed by atoms with E-state index in [9.17, 15) is 4.57 Å². The van der Waals surface area contributed by atoms with Crippen LogP contribution in [-0.2, 0) is 9.30 Å². The fraction of sp³-hybridized carbons (Fsp3) is 0.875. The van der Waals surface area contributed by atoms with Crippen molar-refractivity contribution >= 4 is 7.60 Å². The van der Waals surface area contributed by atoms with E-state index in [2.05, 4.69) is 6.92 Å². The molecule has 0 spiro atoms. The quantitative estimate of drug-likeness (QED) is 0.679. The summed E-state index contributed by atoms with van der Waals surface area (Å²) in [5, 5.41) is -1.35. The van der Waals surface area contributed by atoms with Crippen molar-refractivity contribution < 1.29 is 19.1 Å². The highest BCUT2D eigenvalue weighted by Crippen LogP contribution is 2.55. The summed E-state index contributed by atoms with van der Waals surface area (Å²) in [4.78, 5) is 18.3. The molecular weight excluding hydrogens is 191 g/mol. The number of hydrogen-bond acceptors (Lipinski definition) is 2. The zero-order valence-electron chi connectivity index (χ0n) is 8.36. The maximum Gasteiger partial charge on any atom is 0.357 e. The largest absolute Gasteiger partial charge is 0.359 e. The highest BCUT2D eigenvalue weighted by atomic mass is 31.2. The predicted molar refractivity (Wildman–Crippen MR) is 51.3 cm³/mol. The van der Waals surface area contributed by atoms with Gasteiger partial charge < -0.3 is 14.5 Å². The first-order chi connectivity index (χ1) is 5.79. The maximum atomic E-state index is 11.2. The molecule has 0 saturated heterocycles. The molecule has 5 heteroatoms. The molecule has 2 N–H and O–H groups in total. The molecule has 0 aliphatic rings. The topological polar surface area (TPSA) is 66.8 Å². The van der Waals surface area contributed by atoms with Gasteiger partial charge in [0.1, 0.15) is 0 Å². The molecule has 0 heterocycles. The van der Waals surface area contributed by atoms with Crippen LogP contribution in [0.15, 0.2) is 0 Å². The van der Waals surface area contributed by atoms with Gasteiger partial charge in [-0.2, -0.15) is 0 Å². The third kappa shape index (κ3) is 3.06. The first kappa shape index (κ1) is 13.1. The average Bonchev–Trinajstić information content (AvgIpc) is 1.97. The average molecular weight is 209 g/mol. The summed E-state index contributed by atoms with van der Waals surface area (Å²) in [6, 6.07) is 0. The van der Waals surface area contributed by atoms with Gasteiger partial charge in [-0.15, -0.1) is 0 Å². The fourth-order valence-corrected chi connectivity index (χ4v) is 2.41. The Morgan fingerprint density at radius 3 is 1.92 bits per heavy atom. The molecule has 0 aliphatic heterocycles. The van der Waals surface area contributed by atoms with E-state index in [1.54, 1.807) is 20.8 Å². The summed E-state index contributed by atoms with van der Waals surface area (Å²) < 4.78 is 16.4. The van der Waals surface area contributed by atoms with Gasteiger partial charge >= 0.3 is 7.60 Å². The minimum atomic E-state index is -4.22. The number of ether oxygens (including phenoxy) is 1. The Balaban J connectivity index is 4.82. The highest BCUT2D eigenvalue weighted by Gasteiger charge is 2.45. The van der Waals surface area contributed by atoms with Crippen LogP contribution in [-0.4, -0.2) is 21.2 Å². The van der Waals surface area contributed by atoms with Crippen molar-refractivity contribution in [2.24, 2.45) is 0 Å². The van der Waals surface area contributed by atoms with Crippen LogP contribution in [0.5, 0.6) is 0 Å². The Bertz CT molecular complexity index is 192. The Kier molecular flexibility index (Phi) is 4.60. The van der Waals surface area contributed by atoms with Crippen LogP contribution in [0.4, 0.5) is 0 Å². The molecule has 1 unspecified atom stereocenters. The summed E-state index contributed by atoms with van der Waals surface area (Å²) in [7, 11) is -4.22. The van der Waals surface area contributed by atoms with E-state index in [4.69, 9.17) is 14.5 Å². The first-order valence-electron chi connectivity index (χ1n) is 4.35. The van der Waals surface area contributed by atoms with E-state index >= 15 is 0 Å². The summed E-state index contributed by atoms with van der Waals surface area (Å²) in [5.41, 5.74) is 0. The van der Waals surface area contributed by atoms with Gasteiger partial charge in [0, 0.05) is 0 Å². The normalized spacial score (nSPS) is 13.8. The van der Waals surface area contributed by atoms with Crippen molar-refractivity contribution in [1.82, 2.24) is 0 Å². The molecule has 0 amide bonds. The number of hydrogen-bond donors (Lipinski definition) is 2. The minimum Gasteiger partial charge on any atom is -0.359 e. The van der Waals surface area contributed by atoms with E-state index in [1.807, 2.05) is 0 Å². The Morgan fingerprint density at radius 2 is 1.85 bits per heavy atom. The lowest BCUT2D eigenvalue weighted by Crippen LogP contribution is -2.33. The molecule has 4 nitrogen and oxygen atoms in total. The predicted octanol–water partition coefficient (Wildman–Crippen LogP) is 1.92. The third-order valence-corrected chi connectivity index (χ3v) is 3.86. The van der Waals surface area contributed by atoms with E-state index in [-0.39, 0.29) is 12.8 Å². The molecule has 0 rings (SSSR count). The molecule has 13 heavy (non-hydrogen) atoms. The molecule has 1 atom stereocenters. The van der Waals surface area contributed by atoms with Gasteiger partial charge in [0.05, 0.1) is 6.10 Å². The van der Waals surface area contributed by atoms with Crippen molar-refractivity contribution in [3.05, 3.63) is 6.92 Å². The van der Waals surface area contributed by atoms with Crippen LogP contribution >= 0.6 is 7.60 Å². The Hall–Kier alpha value is 0.110. The summed E-state index contributed by atoms with van der Waals surface area (Å²) in [5.74, 6) is 0. The highest BCUT2D eigenvalue weighted by molar-refractivity contribution is 7.53. The Labute approximate surface area is 79.5 Å². The van der Waals surface area contributed by atoms with Crippen molar-refractivity contribution in [2.45, 2.75) is 45.1 Å². The van der Waals surface area contributed by atoms with Crippen LogP contribution in [0, 0.1) is 6.92 Å². The molecule has 0 aromatic rings. The molecule has 0 bridgehead atoms. The molecule has 0 saturated carbocycles. The van der Waals surface area contributed by atoms with Gasteiger partial charge in [-0.25, -0.2) is 0 Å². The van der Waals surface area contributed by atoms with E-state index in [1.165, 1.54) is 0 Å². The molecular formula is C8H18O4P. The smallest absolute Gasteiger partial charge is 0.357 e. The molecule has 79 valence electrons. The molecule has 0 aromatic heterocycles.